The summed E-state index contributed by atoms with van der Waals surface area (Å²) >= 11 is 1.49. The molecule has 5 heteroatoms. The monoisotopic (exact) mass is 306 g/mol. The molecule has 0 saturated carbocycles. The molecule has 1 N–H and O–H groups in total. The summed E-state index contributed by atoms with van der Waals surface area (Å²) in [5.41, 5.74) is 1.33. The van der Waals surface area contributed by atoms with Gasteiger partial charge in [-0.3, -0.25) is 4.79 Å². The lowest BCUT2D eigenvalue weighted by Gasteiger charge is -2.07. The second kappa shape index (κ2) is 7.13. The van der Waals surface area contributed by atoms with Crippen LogP contribution in [0.2, 0.25) is 0 Å². The highest BCUT2D eigenvalue weighted by Crippen LogP contribution is 2.27. The molecule has 0 radical (unpaired) electrons. The molecule has 0 bridgehead atoms. The first-order valence-corrected chi connectivity index (χ1v) is 7.33. The summed E-state index contributed by atoms with van der Waals surface area (Å²) in [6.07, 6.45) is 0.00938. The lowest BCUT2D eigenvalue weighted by atomic mass is 10.2. The van der Waals surface area contributed by atoms with E-state index in [-0.39, 0.29) is 18.0 Å². The minimum Gasteiger partial charge on any atom is -0.494 e. The van der Waals surface area contributed by atoms with Gasteiger partial charge in [0, 0.05) is 16.2 Å². The summed E-state index contributed by atoms with van der Waals surface area (Å²) in [6.45, 7) is 0. The van der Waals surface area contributed by atoms with Crippen LogP contribution in [-0.2, 0) is 17.0 Å². The number of carbonyl (C=O) groups is 1. The van der Waals surface area contributed by atoms with Gasteiger partial charge in [0.2, 0.25) is 0 Å². The van der Waals surface area contributed by atoms with Gasteiger partial charge in [-0.05, 0) is 23.8 Å². The molecular weight excluding hydrogens is 291 g/mol. The number of methoxy groups -OCH3 is 1. The van der Waals surface area contributed by atoms with Gasteiger partial charge in [0.15, 0.2) is 11.6 Å². The van der Waals surface area contributed by atoms with Crippen LogP contribution in [0.5, 0.6) is 5.75 Å². The molecule has 0 aliphatic heterocycles. The minimum atomic E-state index is -0.853. The highest BCUT2D eigenvalue weighted by atomic mass is 32.2. The first-order valence-electron chi connectivity index (χ1n) is 6.35. The van der Waals surface area contributed by atoms with Crippen LogP contribution >= 0.6 is 11.8 Å². The lowest BCUT2D eigenvalue weighted by molar-refractivity contribution is -0.136. The van der Waals surface area contributed by atoms with Crippen molar-refractivity contribution in [3.63, 3.8) is 0 Å². The molecule has 0 aliphatic carbocycles. The number of thioether (sulfide) groups is 1. The largest absolute Gasteiger partial charge is 0.494 e. The van der Waals surface area contributed by atoms with Crippen molar-refractivity contribution in [1.82, 2.24) is 0 Å². The summed E-state index contributed by atoms with van der Waals surface area (Å²) < 4.78 is 18.9. The summed E-state index contributed by atoms with van der Waals surface area (Å²) in [6, 6.07) is 12.3. The minimum absolute atomic E-state index is 0.00938. The van der Waals surface area contributed by atoms with Crippen molar-refractivity contribution in [3.05, 3.63) is 59.4 Å². The van der Waals surface area contributed by atoms with Crippen molar-refractivity contribution in [3.8, 4) is 5.75 Å². The molecule has 3 nitrogen and oxygen atoms in total. The van der Waals surface area contributed by atoms with Gasteiger partial charge in [0.1, 0.15) is 0 Å². The fourth-order valence-corrected chi connectivity index (χ4v) is 2.74. The number of halogens is 1. The molecule has 0 unspecified atom stereocenters. The van der Waals surface area contributed by atoms with Crippen LogP contribution in [0.25, 0.3) is 0 Å². The van der Waals surface area contributed by atoms with E-state index in [0.717, 1.165) is 10.5 Å². The topological polar surface area (TPSA) is 46.5 Å². The highest BCUT2D eigenvalue weighted by molar-refractivity contribution is 7.98. The molecule has 0 amide bonds. The standard InChI is InChI=1S/C16H15FO3S/c1-20-14-4-2-3-12(16(14)17)10-21-13-7-5-11(6-8-13)9-15(18)19/h2-8H,9-10H2,1H3,(H,18,19). The molecule has 0 atom stereocenters. The number of benzene rings is 2. The fourth-order valence-electron chi connectivity index (χ4n) is 1.86. The summed E-state index contributed by atoms with van der Waals surface area (Å²) in [4.78, 5) is 11.6. The van der Waals surface area contributed by atoms with Crippen LogP contribution in [0.3, 0.4) is 0 Å². The Morgan fingerprint density at radius 1 is 1.24 bits per heavy atom. The molecule has 21 heavy (non-hydrogen) atoms. The Hall–Kier alpha value is -2.01. The Morgan fingerprint density at radius 3 is 2.57 bits per heavy atom. The molecule has 0 aliphatic rings. The highest BCUT2D eigenvalue weighted by Gasteiger charge is 2.08. The molecule has 0 fully saturated rings. The molecule has 2 aromatic rings. The van der Waals surface area contributed by atoms with Crippen LogP contribution in [0.1, 0.15) is 11.1 Å². The Bertz CT molecular complexity index is 626. The first kappa shape index (κ1) is 15.4. The number of ether oxygens (including phenoxy) is 1. The second-order valence-electron chi connectivity index (χ2n) is 4.44. The van der Waals surface area contributed by atoms with E-state index in [1.807, 2.05) is 12.1 Å². The van der Waals surface area contributed by atoms with Crippen molar-refractivity contribution in [1.29, 1.82) is 0 Å². The van der Waals surface area contributed by atoms with Crippen molar-refractivity contribution in [2.75, 3.05) is 7.11 Å². The Kier molecular flexibility index (Phi) is 5.22. The fraction of sp³-hybridized carbons (Fsp3) is 0.188. The average Bonchev–Trinajstić information content (AvgIpc) is 2.47. The number of carboxylic acid groups (broad SMARTS) is 1. The molecule has 0 heterocycles. The first-order chi connectivity index (χ1) is 10.1. The predicted octanol–water partition coefficient (Wildman–Crippen LogP) is 3.75. The van der Waals surface area contributed by atoms with Gasteiger partial charge < -0.3 is 9.84 Å². The van der Waals surface area contributed by atoms with Crippen molar-refractivity contribution in [2.24, 2.45) is 0 Å². The predicted molar refractivity (Wildman–Crippen MR) is 80.3 cm³/mol. The van der Waals surface area contributed by atoms with Crippen LogP contribution < -0.4 is 4.74 Å². The van der Waals surface area contributed by atoms with E-state index in [0.29, 0.717) is 11.3 Å². The number of rotatable bonds is 6. The zero-order valence-electron chi connectivity index (χ0n) is 11.5. The number of carboxylic acids is 1. The molecule has 110 valence electrons. The SMILES string of the molecule is COc1cccc(CSc2ccc(CC(=O)O)cc2)c1F. The van der Waals surface area contributed by atoms with Gasteiger partial charge in [-0.1, -0.05) is 24.3 Å². The third-order valence-electron chi connectivity index (χ3n) is 2.94. The Balaban J connectivity index is 2.01. The van der Waals surface area contributed by atoms with Gasteiger partial charge in [-0.15, -0.1) is 11.8 Å². The zero-order valence-corrected chi connectivity index (χ0v) is 12.3. The van der Waals surface area contributed by atoms with Gasteiger partial charge in [-0.2, -0.15) is 0 Å². The average molecular weight is 306 g/mol. The third kappa shape index (κ3) is 4.23. The summed E-state index contributed by atoms with van der Waals surface area (Å²) in [7, 11) is 1.44. The third-order valence-corrected chi connectivity index (χ3v) is 4.00. The van der Waals surface area contributed by atoms with E-state index in [4.69, 9.17) is 9.84 Å². The van der Waals surface area contributed by atoms with Gasteiger partial charge in [0.25, 0.3) is 0 Å². The van der Waals surface area contributed by atoms with Crippen LogP contribution in [0, 0.1) is 5.82 Å². The molecule has 0 saturated heterocycles. The normalized spacial score (nSPS) is 10.4. The maximum atomic E-state index is 14.0. The van der Waals surface area contributed by atoms with Crippen molar-refractivity contribution >= 4 is 17.7 Å². The van der Waals surface area contributed by atoms with Crippen LogP contribution in [0.15, 0.2) is 47.4 Å². The van der Waals surface area contributed by atoms with E-state index in [9.17, 15) is 9.18 Å². The second-order valence-corrected chi connectivity index (χ2v) is 5.49. The lowest BCUT2D eigenvalue weighted by Crippen LogP contribution is -1.99. The van der Waals surface area contributed by atoms with Crippen molar-refractivity contribution < 1.29 is 19.0 Å². The van der Waals surface area contributed by atoms with E-state index >= 15 is 0 Å². The van der Waals surface area contributed by atoms with Gasteiger partial charge >= 0.3 is 5.97 Å². The molecular formula is C16H15FO3S. The molecule has 2 aromatic carbocycles. The molecule has 2 rings (SSSR count). The summed E-state index contributed by atoms with van der Waals surface area (Å²) in [5.74, 6) is -0.463. The number of hydrogen-bond acceptors (Lipinski definition) is 3. The van der Waals surface area contributed by atoms with Crippen LogP contribution in [0.4, 0.5) is 4.39 Å². The van der Waals surface area contributed by atoms with Crippen molar-refractivity contribution in [2.45, 2.75) is 17.1 Å². The number of hydrogen-bond donors (Lipinski definition) is 1. The van der Waals surface area contributed by atoms with E-state index in [1.54, 1.807) is 30.3 Å². The van der Waals surface area contributed by atoms with Crippen LogP contribution in [-0.4, -0.2) is 18.2 Å². The van der Waals surface area contributed by atoms with E-state index in [1.165, 1.54) is 18.9 Å². The smallest absolute Gasteiger partial charge is 0.307 e. The zero-order chi connectivity index (χ0) is 15.2. The molecule has 0 aromatic heterocycles. The quantitative estimate of drug-likeness (QED) is 0.826. The molecule has 0 spiro atoms. The summed E-state index contributed by atoms with van der Waals surface area (Å²) in [5, 5.41) is 8.71. The maximum Gasteiger partial charge on any atom is 0.307 e. The maximum absolute atomic E-state index is 14.0. The van der Waals surface area contributed by atoms with E-state index in [2.05, 4.69) is 0 Å². The Labute approximate surface area is 126 Å². The van der Waals surface area contributed by atoms with Gasteiger partial charge in [-0.25, -0.2) is 4.39 Å². The Morgan fingerprint density at radius 2 is 1.95 bits per heavy atom. The van der Waals surface area contributed by atoms with E-state index < -0.39 is 5.97 Å². The van der Waals surface area contributed by atoms with Gasteiger partial charge in [0.05, 0.1) is 13.5 Å². The number of aliphatic carboxylic acids is 1.